The van der Waals surface area contributed by atoms with E-state index >= 15 is 0 Å². The van der Waals surface area contributed by atoms with Crippen molar-refractivity contribution in [3.63, 3.8) is 0 Å². The topological polar surface area (TPSA) is 139 Å². The lowest BCUT2D eigenvalue weighted by Gasteiger charge is -2.18. The van der Waals surface area contributed by atoms with E-state index < -0.39 is 6.03 Å². The minimum atomic E-state index is -0.406. The number of aromatic nitrogens is 5. The van der Waals surface area contributed by atoms with Crippen LogP contribution in [0.3, 0.4) is 0 Å². The summed E-state index contributed by atoms with van der Waals surface area (Å²) < 4.78 is 7.68. The Hall–Kier alpha value is -5.19. The van der Waals surface area contributed by atoms with Gasteiger partial charge in [0.2, 0.25) is 5.91 Å². The third kappa shape index (κ3) is 6.04. The van der Waals surface area contributed by atoms with Crippen LogP contribution in [0.25, 0.3) is 22.2 Å². The Morgan fingerprint density at radius 3 is 2.49 bits per heavy atom. The molecule has 0 radical (unpaired) electrons. The van der Waals surface area contributed by atoms with Gasteiger partial charge in [0.05, 0.1) is 22.9 Å². The molecule has 11 nitrogen and oxygen atoms in total. The molecule has 0 fully saturated rings. The number of amides is 3. The highest BCUT2D eigenvalue weighted by Crippen LogP contribution is 2.31. The van der Waals surface area contributed by atoms with Crippen molar-refractivity contribution in [2.45, 2.75) is 33.2 Å². The number of aromatic amines is 1. The van der Waals surface area contributed by atoms with Gasteiger partial charge in [-0.25, -0.2) is 9.78 Å². The van der Waals surface area contributed by atoms with Gasteiger partial charge < -0.3 is 20.7 Å². The maximum atomic E-state index is 12.9. The van der Waals surface area contributed by atoms with Crippen molar-refractivity contribution in [3.05, 3.63) is 73.2 Å². The van der Waals surface area contributed by atoms with Gasteiger partial charge in [-0.2, -0.15) is 10.2 Å². The first-order chi connectivity index (χ1) is 18.6. The molecule has 0 saturated heterocycles. The molecule has 3 heterocycles. The number of pyridine rings is 1. The zero-order valence-electron chi connectivity index (χ0n) is 21.9. The highest BCUT2D eigenvalue weighted by Gasteiger charge is 2.21. The Morgan fingerprint density at radius 1 is 0.949 bits per heavy atom. The normalized spacial score (nSPS) is 11.3. The monoisotopic (exact) mass is 524 g/mol. The van der Waals surface area contributed by atoms with E-state index in [4.69, 9.17) is 9.84 Å². The number of fused-ring (bicyclic) bond motifs is 1. The zero-order valence-corrected chi connectivity index (χ0v) is 21.9. The van der Waals surface area contributed by atoms with Gasteiger partial charge in [-0.3, -0.25) is 14.6 Å². The van der Waals surface area contributed by atoms with Gasteiger partial charge in [0.1, 0.15) is 23.0 Å². The smallest absolute Gasteiger partial charge is 0.323 e. The SMILES string of the molecule is CC(=O)Nc1cc(Oc2ccc(NC(=O)Nc3cn(C(C)(C)C)nc3-c3ccc4[nH]ncc4c3)cc2)ccn1. The van der Waals surface area contributed by atoms with E-state index in [1.807, 2.05) is 49.8 Å². The Balaban J connectivity index is 1.30. The van der Waals surface area contributed by atoms with Gasteiger partial charge in [0.25, 0.3) is 0 Å². The molecule has 0 aliphatic rings. The van der Waals surface area contributed by atoms with Crippen LogP contribution in [-0.2, 0) is 10.3 Å². The second-order valence-corrected chi connectivity index (χ2v) is 9.94. The highest BCUT2D eigenvalue weighted by molar-refractivity contribution is 6.02. The fraction of sp³-hybridized carbons (Fsp3) is 0.179. The number of carbonyl (C=O) groups excluding carboxylic acids is 2. The van der Waals surface area contributed by atoms with Gasteiger partial charge in [-0.1, -0.05) is 6.07 Å². The Morgan fingerprint density at radius 2 is 1.74 bits per heavy atom. The molecule has 0 spiro atoms. The molecule has 0 aliphatic carbocycles. The minimum absolute atomic E-state index is 0.217. The maximum absolute atomic E-state index is 12.9. The molecule has 0 bridgehead atoms. The average Bonchev–Trinajstić information content (AvgIpc) is 3.51. The maximum Gasteiger partial charge on any atom is 0.323 e. The minimum Gasteiger partial charge on any atom is -0.457 e. The molecule has 4 N–H and O–H groups in total. The van der Waals surface area contributed by atoms with E-state index in [1.54, 1.807) is 48.8 Å². The average molecular weight is 525 g/mol. The van der Waals surface area contributed by atoms with Crippen LogP contribution in [0.2, 0.25) is 0 Å². The second-order valence-electron chi connectivity index (χ2n) is 9.94. The molecule has 5 aromatic rings. The third-order valence-corrected chi connectivity index (χ3v) is 5.75. The van der Waals surface area contributed by atoms with E-state index in [0.717, 1.165) is 16.5 Å². The van der Waals surface area contributed by atoms with Crippen LogP contribution >= 0.6 is 0 Å². The number of hydrogen-bond acceptors (Lipinski definition) is 6. The lowest BCUT2D eigenvalue weighted by atomic mass is 10.1. The molecule has 11 heteroatoms. The van der Waals surface area contributed by atoms with Crippen LogP contribution in [0, 0.1) is 0 Å². The van der Waals surface area contributed by atoms with Crippen molar-refractivity contribution in [2.75, 3.05) is 16.0 Å². The van der Waals surface area contributed by atoms with Gasteiger partial charge in [0, 0.05) is 42.0 Å². The fourth-order valence-electron chi connectivity index (χ4n) is 3.86. The molecule has 0 atom stereocenters. The standard InChI is InChI=1S/C28H28N8O3/c1-17(37)31-25-14-22(11-12-29-25)39-21-8-6-20(7-9-21)32-27(38)33-24-16-36(28(2,3)4)35-26(24)18-5-10-23-19(13-18)15-30-34-23/h5-16H,1-4H3,(H,30,34)(H,29,31,37)(H2,32,33,38). The molecule has 39 heavy (non-hydrogen) atoms. The van der Waals surface area contributed by atoms with Gasteiger partial charge in [0.15, 0.2) is 0 Å². The molecule has 2 aromatic carbocycles. The van der Waals surface area contributed by atoms with Crippen LogP contribution in [0.5, 0.6) is 11.5 Å². The van der Waals surface area contributed by atoms with Crippen molar-refractivity contribution >= 4 is 40.0 Å². The predicted octanol–water partition coefficient (Wildman–Crippen LogP) is 5.97. The van der Waals surface area contributed by atoms with E-state index in [0.29, 0.717) is 34.4 Å². The van der Waals surface area contributed by atoms with Crippen molar-refractivity contribution in [1.29, 1.82) is 0 Å². The number of urea groups is 1. The van der Waals surface area contributed by atoms with Crippen molar-refractivity contribution in [2.24, 2.45) is 0 Å². The number of nitrogens with one attached hydrogen (secondary N) is 4. The first kappa shape index (κ1) is 25.5. The molecule has 0 saturated carbocycles. The first-order valence-corrected chi connectivity index (χ1v) is 12.3. The summed E-state index contributed by atoms with van der Waals surface area (Å²) in [6.45, 7) is 7.55. The van der Waals surface area contributed by atoms with Gasteiger partial charge >= 0.3 is 6.03 Å². The van der Waals surface area contributed by atoms with E-state index in [-0.39, 0.29) is 11.4 Å². The summed E-state index contributed by atoms with van der Waals surface area (Å²) in [7, 11) is 0. The van der Waals surface area contributed by atoms with Gasteiger partial charge in [-0.15, -0.1) is 0 Å². The zero-order chi connectivity index (χ0) is 27.6. The van der Waals surface area contributed by atoms with Crippen LogP contribution in [0.1, 0.15) is 27.7 Å². The Labute approximate surface area is 224 Å². The lowest BCUT2D eigenvalue weighted by Crippen LogP contribution is -2.22. The van der Waals surface area contributed by atoms with Gasteiger partial charge in [-0.05, 0) is 63.2 Å². The van der Waals surface area contributed by atoms with Crippen LogP contribution < -0.4 is 20.7 Å². The highest BCUT2D eigenvalue weighted by atomic mass is 16.5. The number of anilines is 3. The number of hydrogen-bond donors (Lipinski definition) is 4. The summed E-state index contributed by atoms with van der Waals surface area (Å²) in [5, 5.41) is 21.2. The number of carbonyl (C=O) groups is 2. The summed E-state index contributed by atoms with van der Waals surface area (Å²) in [6, 6.07) is 15.7. The fourth-order valence-corrected chi connectivity index (χ4v) is 3.86. The molecule has 0 aliphatic heterocycles. The van der Waals surface area contributed by atoms with Crippen molar-refractivity contribution < 1.29 is 14.3 Å². The summed E-state index contributed by atoms with van der Waals surface area (Å²) >= 11 is 0. The van der Waals surface area contributed by atoms with Crippen molar-refractivity contribution in [3.8, 4) is 22.8 Å². The lowest BCUT2D eigenvalue weighted by molar-refractivity contribution is -0.114. The first-order valence-electron chi connectivity index (χ1n) is 12.3. The van der Waals surface area contributed by atoms with Crippen LogP contribution in [0.15, 0.2) is 73.2 Å². The molecule has 0 unspecified atom stereocenters. The summed E-state index contributed by atoms with van der Waals surface area (Å²) in [6.07, 6.45) is 5.13. The van der Waals surface area contributed by atoms with E-state index in [9.17, 15) is 9.59 Å². The van der Waals surface area contributed by atoms with Crippen LogP contribution in [0.4, 0.5) is 22.0 Å². The van der Waals surface area contributed by atoms with E-state index in [2.05, 4.69) is 31.1 Å². The summed E-state index contributed by atoms with van der Waals surface area (Å²) in [5.41, 5.74) is 3.32. The molecule has 3 amide bonds. The van der Waals surface area contributed by atoms with Crippen molar-refractivity contribution in [1.82, 2.24) is 25.0 Å². The molecule has 198 valence electrons. The number of nitrogens with zero attached hydrogens (tertiary/aromatic N) is 4. The number of benzene rings is 2. The second kappa shape index (κ2) is 10.3. The Bertz CT molecular complexity index is 1650. The quantitative estimate of drug-likeness (QED) is 0.216. The summed E-state index contributed by atoms with van der Waals surface area (Å²) in [5.74, 6) is 1.26. The Kier molecular flexibility index (Phi) is 6.72. The number of rotatable bonds is 6. The molecule has 5 rings (SSSR count). The molecular weight excluding hydrogens is 496 g/mol. The number of H-pyrrole nitrogens is 1. The number of ether oxygens (including phenoxy) is 1. The summed E-state index contributed by atoms with van der Waals surface area (Å²) in [4.78, 5) is 28.3. The molecule has 3 aromatic heterocycles. The van der Waals surface area contributed by atoms with Crippen LogP contribution in [-0.4, -0.2) is 36.9 Å². The third-order valence-electron chi connectivity index (χ3n) is 5.75. The molecular formula is C28H28N8O3. The van der Waals surface area contributed by atoms with E-state index in [1.165, 1.54) is 6.92 Å². The largest absolute Gasteiger partial charge is 0.457 e. The predicted molar refractivity (Wildman–Crippen MR) is 150 cm³/mol.